The van der Waals surface area contributed by atoms with E-state index in [-0.39, 0.29) is 18.8 Å². The maximum atomic E-state index is 8.93. The average molecular weight is 133 g/mol. The number of aliphatic hydroxyl groups is 1. The summed E-state index contributed by atoms with van der Waals surface area (Å²) in [6.45, 7) is 0.866. The maximum absolute atomic E-state index is 8.93. The first-order chi connectivity index (χ1) is 4.33. The van der Waals surface area contributed by atoms with E-state index in [1.165, 1.54) is 0 Å². The summed E-state index contributed by atoms with van der Waals surface area (Å²) in [6, 6.07) is 0.116. The lowest BCUT2D eigenvalue weighted by atomic mass is 10.2. The van der Waals surface area contributed by atoms with Crippen molar-refractivity contribution in [2.75, 3.05) is 13.2 Å². The summed E-state index contributed by atoms with van der Waals surface area (Å²) < 4.78 is 0. The average Bonchev–Trinajstić information content (AvgIpc) is 2.17. The van der Waals surface area contributed by atoms with Gasteiger partial charge in [0.25, 0.3) is 0 Å². The van der Waals surface area contributed by atoms with Gasteiger partial charge in [0.15, 0.2) is 0 Å². The highest BCUT2D eigenvalue weighted by molar-refractivity contribution is 4.79. The van der Waals surface area contributed by atoms with Gasteiger partial charge in [-0.2, -0.15) is 0 Å². The molecule has 1 fully saturated rings. The number of hydrogen-bond donors (Lipinski definition) is 3. The minimum absolute atomic E-state index is 0.116. The van der Waals surface area contributed by atoms with Crippen LogP contribution in [-0.2, 0) is 4.89 Å². The van der Waals surface area contributed by atoms with Crippen molar-refractivity contribution in [1.29, 1.82) is 0 Å². The molecule has 4 nitrogen and oxygen atoms in total. The molecule has 0 amide bonds. The Labute approximate surface area is 53.4 Å². The van der Waals surface area contributed by atoms with E-state index in [1.54, 1.807) is 0 Å². The Bertz CT molecular complexity index is 86.3. The van der Waals surface area contributed by atoms with E-state index < -0.39 is 0 Å². The molecule has 54 valence electrons. The van der Waals surface area contributed by atoms with E-state index in [4.69, 9.17) is 10.4 Å². The van der Waals surface area contributed by atoms with Gasteiger partial charge in [-0.25, -0.2) is 4.89 Å². The maximum Gasteiger partial charge on any atom is 0.0973 e. The predicted molar refractivity (Wildman–Crippen MR) is 31.0 cm³/mol. The second-order valence-corrected chi connectivity index (χ2v) is 2.29. The fraction of sp³-hybridized carbons (Fsp3) is 1.00. The fourth-order valence-electron chi connectivity index (χ4n) is 1.01. The van der Waals surface area contributed by atoms with Crippen LogP contribution in [0.15, 0.2) is 0 Å². The minimum atomic E-state index is -0.273. The highest BCUT2D eigenvalue weighted by atomic mass is 17.1. The summed E-state index contributed by atoms with van der Waals surface area (Å²) in [7, 11) is 0. The molecule has 1 heterocycles. The summed E-state index contributed by atoms with van der Waals surface area (Å²) in [6.07, 6.45) is 0.394. The molecule has 0 radical (unpaired) electrons. The highest BCUT2D eigenvalue weighted by Crippen LogP contribution is 2.05. The summed E-state index contributed by atoms with van der Waals surface area (Å²) in [5.41, 5.74) is 0. The zero-order chi connectivity index (χ0) is 6.69. The molecule has 0 aromatic rings. The molecule has 1 rings (SSSR count). The van der Waals surface area contributed by atoms with Crippen LogP contribution in [-0.4, -0.2) is 35.7 Å². The molecule has 0 aromatic carbocycles. The smallest absolute Gasteiger partial charge is 0.0973 e. The van der Waals surface area contributed by atoms with Crippen molar-refractivity contribution >= 4 is 0 Å². The molecule has 2 unspecified atom stereocenters. The van der Waals surface area contributed by atoms with Crippen LogP contribution in [0.3, 0.4) is 0 Å². The van der Waals surface area contributed by atoms with Gasteiger partial charge in [-0.1, -0.05) is 0 Å². The zero-order valence-electron chi connectivity index (χ0n) is 5.08. The first-order valence-corrected chi connectivity index (χ1v) is 3.00. The first-order valence-electron chi connectivity index (χ1n) is 3.00. The van der Waals surface area contributed by atoms with Crippen molar-refractivity contribution in [2.45, 2.75) is 18.6 Å². The van der Waals surface area contributed by atoms with Crippen LogP contribution in [0.1, 0.15) is 6.42 Å². The predicted octanol–water partition coefficient (Wildman–Crippen LogP) is -0.801. The van der Waals surface area contributed by atoms with Crippen molar-refractivity contribution in [3.05, 3.63) is 0 Å². The standard InChI is InChI=1S/C5H11NO3/c7-5-1-4(3-9-8)6-2-5/h4-8H,1-3H2. The second kappa shape index (κ2) is 3.12. The Morgan fingerprint density at radius 2 is 2.44 bits per heavy atom. The molecule has 1 saturated heterocycles. The molecule has 0 aromatic heterocycles. The topological polar surface area (TPSA) is 61.7 Å². The molecule has 0 spiro atoms. The Balaban J connectivity index is 2.14. The number of nitrogens with one attached hydrogen (secondary N) is 1. The van der Waals surface area contributed by atoms with Gasteiger partial charge in [-0.15, -0.1) is 0 Å². The van der Waals surface area contributed by atoms with Crippen LogP contribution in [0, 0.1) is 0 Å². The Morgan fingerprint density at radius 3 is 2.89 bits per heavy atom. The molecule has 1 aliphatic rings. The normalized spacial score (nSPS) is 35.3. The fourth-order valence-corrected chi connectivity index (χ4v) is 1.01. The molecular weight excluding hydrogens is 122 g/mol. The van der Waals surface area contributed by atoms with Crippen molar-refractivity contribution in [3.63, 3.8) is 0 Å². The third-order valence-electron chi connectivity index (χ3n) is 1.47. The summed E-state index contributed by atoms with van der Waals surface area (Å²) in [4.78, 5) is 3.90. The van der Waals surface area contributed by atoms with Crippen LogP contribution in [0.5, 0.6) is 0 Å². The van der Waals surface area contributed by atoms with Gasteiger partial charge in [0.1, 0.15) is 0 Å². The van der Waals surface area contributed by atoms with E-state index in [0.29, 0.717) is 13.0 Å². The van der Waals surface area contributed by atoms with Crippen LogP contribution in [0.25, 0.3) is 0 Å². The van der Waals surface area contributed by atoms with Crippen LogP contribution < -0.4 is 5.32 Å². The van der Waals surface area contributed by atoms with Gasteiger partial charge in [0.2, 0.25) is 0 Å². The lowest BCUT2D eigenvalue weighted by molar-refractivity contribution is -0.246. The van der Waals surface area contributed by atoms with E-state index in [2.05, 4.69) is 10.2 Å². The molecule has 0 aliphatic carbocycles. The Hall–Kier alpha value is -0.160. The Kier molecular flexibility index (Phi) is 2.41. The quantitative estimate of drug-likeness (QED) is 0.341. The highest BCUT2D eigenvalue weighted by Gasteiger charge is 2.21. The second-order valence-electron chi connectivity index (χ2n) is 2.29. The molecule has 2 atom stereocenters. The van der Waals surface area contributed by atoms with E-state index in [1.807, 2.05) is 0 Å². The lowest BCUT2D eigenvalue weighted by Gasteiger charge is -2.04. The van der Waals surface area contributed by atoms with Gasteiger partial charge in [0.05, 0.1) is 12.7 Å². The van der Waals surface area contributed by atoms with Crippen molar-refractivity contribution in [2.24, 2.45) is 0 Å². The van der Waals surface area contributed by atoms with Gasteiger partial charge in [-0.05, 0) is 6.42 Å². The van der Waals surface area contributed by atoms with E-state index in [0.717, 1.165) is 0 Å². The largest absolute Gasteiger partial charge is 0.392 e. The summed E-state index contributed by atoms with van der Waals surface area (Å²) in [5, 5.41) is 19.9. The zero-order valence-corrected chi connectivity index (χ0v) is 5.08. The monoisotopic (exact) mass is 133 g/mol. The molecule has 4 heteroatoms. The first kappa shape index (κ1) is 6.95. The summed E-state index contributed by atoms with van der Waals surface area (Å²) in [5.74, 6) is 0. The Morgan fingerprint density at radius 1 is 1.67 bits per heavy atom. The van der Waals surface area contributed by atoms with Crippen molar-refractivity contribution in [1.82, 2.24) is 5.32 Å². The molecule has 3 N–H and O–H groups in total. The van der Waals surface area contributed by atoms with Gasteiger partial charge in [0, 0.05) is 12.6 Å². The molecule has 0 bridgehead atoms. The molecule has 0 saturated carbocycles. The van der Waals surface area contributed by atoms with Gasteiger partial charge in [-0.3, -0.25) is 5.26 Å². The SMILES string of the molecule is OOCC1CC(O)CN1. The van der Waals surface area contributed by atoms with E-state index >= 15 is 0 Å². The van der Waals surface area contributed by atoms with Crippen LogP contribution in [0.2, 0.25) is 0 Å². The summed E-state index contributed by atoms with van der Waals surface area (Å²) >= 11 is 0. The number of β-amino-alcohol motifs (C(OH)–C–C–N with tert-alkyl or cyclic N) is 1. The third-order valence-corrected chi connectivity index (χ3v) is 1.47. The third kappa shape index (κ3) is 1.91. The van der Waals surface area contributed by atoms with Crippen molar-refractivity contribution < 1.29 is 15.3 Å². The van der Waals surface area contributed by atoms with Gasteiger partial charge < -0.3 is 10.4 Å². The molecule has 1 aliphatic heterocycles. The number of hydrogen-bond acceptors (Lipinski definition) is 4. The van der Waals surface area contributed by atoms with Crippen molar-refractivity contribution in [3.8, 4) is 0 Å². The molecular formula is C5H11NO3. The number of rotatable bonds is 2. The van der Waals surface area contributed by atoms with E-state index in [9.17, 15) is 0 Å². The lowest BCUT2D eigenvalue weighted by Crippen LogP contribution is -2.26. The molecule has 9 heavy (non-hydrogen) atoms. The van der Waals surface area contributed by atoms with Gasteiger partial charge >= 0.3 is 0 Å². The minimum Gasteiger partial charge on any atom is -0.392 e. The number of aliphatic hydroxyl groups excluding tert-OH is 1. The van der Waals surface area contributed by atoms with Crippen LogP contribution >= 0.6 is 0 Å². The van der Waals surface area contributed by atoms with Crippen LogP contribution in [0.4, 0.5) is 0 Å².